The van der Waals surface area contributed by atoms with E-state index in [2.05, 4.69) is 5.32 Å². The fourth-order valence-corrected chi connectivity index (χ4v) is 3.53. The Balaban J connectivity index is 1.97. The Morgan fingerprint density at radius 2 is 1.32 bits per heavy atom. The molecule has 0 unspecified atom stereocenters. The van der Waals surface area contributed by atoms with Gasteiger partial charge in [0, 0.05) is 11.1 Å². The molecule has 0 atom stereocenters. The van der Waals surface area contributed by atoms with E-state index in [-0.39, 0.29) is 21.8 Å². The highest BCUT2D eigenvalue weighted by atomic mass is 35.5. The van der Waals surface area contributed by atoms with Crippen molar-refractivity contribution in [3.8, 4) is 0 Å². The van der Waals surface area contributed by atoms with Gasteiger partial charge in [-0.25, -0.2) is 13.2 Å². The third-order valence-electron chi connectivity index (χ3n) is 4.66. The molecule has 3 nitrogen and oxygen atoms in total. The molecule has 28 heavy (non-hydrogen) atoms. The molecular formula is C21H11ClF3NO2. The van der Waals surface area contributed by atoms with Gasteiger partial charge in [-0.1, -0.05) is 48.0 Å². The molecule has 0 bridgehead atoms. The van der Waals surface area contributed by atoms with Gasteiger partial charge in [-0.05, 0) is 18.6 Å². The molecule has 4 rings (SSSR count). The molecule has 0 saturated carbocycles. The van der Waals surface area contributed by atoms with Crippen LogP contribution in [-0.4, -0.2) is 11.6 Å². The average molecular weight is 402 g/mol. The summed E-state index contributed by atoms with van der Waals surface area (Å²) >= 11 is 6.06. The lowest BCUT2D eigenvalue weighted by molar-refractivity contribution is 0.0971. The zero-order valence-corrected chi connectivity index (χ0v) is 15.1. The minimum absolute atomic E-state index is 0.0650. The first-order valence-electron chi connectivity index (χ1n) is 8.24. The Kier molecular flexibility index (Phi) is 4.23. The van der Waals surface area contributed by atoms with Crippen LogP contribution >= 0.6 is 11.6 Å². The van der Waals surface area contributed by atoms with Crippen molar-refractivity contribution in [1.29, 1.82) is 0 Å². The van der Waals surface area contributed by atoms with Crippen molar-refractivity contribution in [2.75, 3.05) is 5.32 Å². The highest BCUT2D eigenvalue weighted by Crippen LogP contribution is 2.38. The second-order valence-corrected chi connectivity index (χ2v) is 6.73. The summed E-state index contributed by atoms with van der Waals surface area (Å²) in [6.07, 6.45) is 0. The lowest BCUT2D eigenvalue weighted by Gasteiger charge is -2.21. The van der Waals surface area contributed by atoms with Crippen molar-refractivity contribution in [3.63, 3.8) is 0 Å². The normalized spacial score (nSPS) is 12.6. The molecule has 0 aromatic heterocycles. The van der Waals surface area contributed by atoms with Crippen LogP contribution in [0.25, 0.3) is 0 Å². The first-order valence-corrected chi connectivity index (χ1v) is 8.61. The van der Waals surface area contributed by atoms with E-state index in [0.717, 1.165) is 0 Å². The number of carbonyl (C=O) groups excluding carboxylic acids is 2. The summed E-state index contributed by atoms with van der Waals surface area (Å²) in [7, 11) is 0. The molecule has 0 heterocycles. The Bertz CT molecular complexity index is 1170. The van der Waals surface area contributed by atoms with Gasteiger partial charge in [-0.15, -0.1) is 0 Å². The predicted molar refractivity (Wildman–Crippen MR) is 99.1 cm³/mol. The van der Waals surface area contributed by atoms with Gasteiger partial charge in [0.25, 0.3) is 0 Å². The van der Waals surface area contributed by atoms with Crippen LogP contribution in [0.5, 0.6) is 0 Å². The number of rotatable bonds is 2. The number of anilines is 2. The molecule has 0 radical (unpaired) electrons. The maximum Gasteiger partial charge on any atom is 0.197 e. The highest BCUT2D eigenvalue weighted by Gasteiger charge is 2.38. The second-order valence-electron chi connectivity index (χ2n) is 6.33. The summed E-state index contributed by atoms with van der Waals surface area (Å²) < 4.78 is 44.6. The van der Waals surface area contributed by atoms with E-state index in [9.17, 15) is 18.4 Å². The van der Waals surface area contributed by atoms with Crippen LogP contribution in [0.15, 0.2) is 42.5 Å². The van der Waals surface area contributed by atoms with E-state index in [1.807, 2.05) is 0 Å². The molecule has 140 valence electrons. The lowest BCUT2D eigenvalue weighted by atomic mass is 9.83. The summed E-state index contributed by atoms with van der Waals surface area (Å²) in [5, 5.41) is 2.60. The summed E-state index contributed by atoms with van der Waals surface area (Å²) in [4.78, 5) is 25.3. The summed E-state index contributed by atoms with van der Waals surface area (Å²) in [5.74, 6) is -6.37. The smallest absolute Gasteiger partial charge is 0.197 e. The van der Waals surface area contributed by atoms with Crippen LogP contribution in [0.4, 0.5) is 24.5 Å². The Labute approximate surface area is 162 Å². The fourth-order valence-electron chi connectivity index (χ4n) is 3.26. The number of ketones is 2. The molecule has 0 saturated heterocycles. The molecule has 1 aliphatic rings. The molecule has 0 fully saturated rings. The third kappa shape index (κ3) is 2.52. The Morgan fingerprint density at radius 1 is 0.750 bits per heavy atom. The minimum Gasteiger partial charge on any atom is -0.349 e. The van der Waals surface area contributed by atoms with Gasteiger partial charge in [0.1, 0.15) is 5.69 Å². The van der Waals surface area contributed by atoms with Crippen LogP contribution in [-0.2, 0) is 0 Å². The van der Waals surface area contributed by atoms with Crippen molar-refractivity contribution in [1.82, 2.24) is 0 Å². The predicted octanol–water partition coefficient (Wildman–Crippen LogP) is 5.58. The standard InChI is InChI=1S/C21H11ClF3NO2/c1-9-5-4-8-12(22)18(9)26-19-16(24)14-13(15(23)17(19)25)20(27)10-6-2-3-7-11(10)21(14)28/h2-8,26H,1H3. The number of fused-ring (bicyclic) bond motifs is 2. The topological polar surface area (TPSA) is 46.2 Å². The fraction of sp³-hybridized carbons (Fsp3) is 0.0476. The van der Waals surface area contributed by atoms with E-state index in [0.29, 0.717) is 5.56 Å². The summed E-state index contributed by atoms with van der Waals surface area (Å²) in [6.45, 7) is 1.64. The van der Waals surface area contributed by atoms with E-state index in [4.69, 9.17) is 11.6 Å². The van der Waals surface area contributed by atoms with Gasteiger partial charge >= 0.3 is 0 Å². The van der Waals surface area contributed by atoms with Crippen LogP contribution < -0.4 is 5.32 Å². The van der Waals surface area contributed by atoms with Gasteiger partial charge in [0.2, 0.25) is 0 Å². The molecule has 0 amide bonds. The van der Waals surface area contributed by atoms with Gasteiger partial charge < -0.3 is 5.32 Å². The SMILES string of the molecule is Cc1cccc(Cl)c1Nc1c(F)c(F)c2c(c1F)C(=O)c1ccccc1C2=O. The number of carbonyl (C=O) groups is 2. The minimum atomic E-state index is -1.60. The van der Waals surface area contributed by atoms with E-state index in [1.54, 1.807) is 19.1 Å². The van der Waals surface area contributed by atoms with Crippen molar-refractivity contribution in [2.24, 2.45) is 0 Å². The first-order chi connectivity index (χ1) is 13.3. The first kappa shape index (κ1) is 18.3. The highest BCUT2D eigenvalue weighted by molar-refractivity contribution is 6.33. The third-order valence-corrected chi connectivity index (χ3v) is 4.98. The number of hydrogen-bond acceptors (Lipinski definition) is 3. The number of hydrogen-bond donors (Lipinski definition) is 1. The average Bonchev–Trinajstić information content (AvgIpc) is 2.68. The van der Waals surface area contributed by atoms with E-state index in [1.165, 1.54) is 30.3 Å². The van der Waals surface area contributed by atoms with Crippen LogP contribution in [0.1, 0.15) is 37.4 Å². The molecule has 3 aromatic carbocycles. The summed E-state index contributed by atoms with van der Waals surface area (Å²) in [6, 6.07) is 10.4. The molecule has 0 aliphatic heterocycles. The number of halogens is 4. The second kappa shape index (κ2) is 6.49. The summed E-state index contributed by atoms with van der Waals surface area (Å²) in [5.41, 5.74) is -2.03. The van der Waals surface area contributed by atoms with Gasteiger partial charge in [-0.3, -0.25) is 9.59 Å². The largest absolute Gasteiger partial charge is 0.349 e. The van der Waals surface area contributed by atoms with Gasteiger partial charge in [0.15, 0.2) is 29.0 Å². The van der Waals surface area contributed by atoms with Gasteiger partial charge in [0.05, 0.1) is 21.8 Å². The quantitative estimate of drug-likeness (QED) is 0.446. The maximum absolute atomic E-state index is 15.2. The van der Waals surface area contributed by atoms with E-state index >= 15 is 4.39 Å². The molecule has 1 aliphatic carbocycles. The monoisotopic (exact) mass is 401 g/mol. The Morgan fingerprint density at radius 3 is 1.89 bits per heavy atom. The molecular weight excluding hydrogens is 391 g/mol. The lowest BCUT2D eigenvalue weighted by Crippen LogP contribution is -2.25. The number of benzene rings is 3. The van der Waals surface area contributed by atoms with Crippen molar-refractivity contribution in [2.45, 2.75) is 6.92 Å². The number of aryl methyl sites for hydroxylation is 1. The number of para-hydroxylation sites is 1. The van der Waals surface area contributed by atoms with Gasteiger partial charge in [-0.2, -0.15) is 0 Å². The van der Waals surface area contributed by atoms with Crippen LogP contribution in [0.2, 0.25) is 5.02 Å². The Hall–Kier alpha value is -3.12. The molecule has 3 aromatic rings. The van der Waals surface area contributed by atoms with Crippen LogP contribution in [0, 0.1) is 24.4 Å². The zero-order valence-electron chi connectivity index (χ0n) is 14.4. The molecule has 0 spiro atoms. The number of nitrogens with one attached hydrogen (secondary N) is 1. The van der Waals surface area contributed by atoms with Crippen molar-refractivity contribution in [3.05, 3.63) is 92.8 Å². The molecule has 7 heteroatoms. The van der Waals surface area contributed by atoms with Crippen LogP contribution in [0.3, 0.4) is 0 Å². The van der Waals surface area contributed by atoms with Crippen molar-refractivity contribution >= 4 is 34.5 Å². The molecule has 1 N–H and O–H groups in total. The zero-order chi connectivity index (χ0) is 20.2. The van der Waals surface area contributed by atoms with Crippen molar-refractivity contribution < 1.29 is 22.8 Å². The van der Waals surface area contributed by atoms with E-state index < -0.39 is 45.8 Å². The maximum atomic E-state index is 15.2.